The predicted octanol–water partition coefficient (Wildman–Crippen LogP) is 0.465. The lowest BCUT2D eigenvalue weighted by Crippen LogP contribution is -2.51. The number of nitrogens with zero attached hydrogens (tertiary/aromatic N) is 2. The molecule has 1 heterocycles. The zero-order valence-corrected chi connectivity index (χ0v) is 12.1. The number of aliphatic carboxylic acids is 1. The van der Waals surface area contributed by atoms with Crippen molar-refractivity contribution in [1.29, 1.82) is 0 Å². The maximum Gasteiger partial charge on any atom is 0.323 e. The van der Waals surface area contributed by atoms with Crippen LogP contribution in [0.2, 0.25) is 0 Å². The molecule has 2 N–H and O–H groups in total. The molecular formula is C13H27N3O2. The highest BCUT2D eigenvalue weighted by Crippen LogP contribution is 2.16. The summed E-state index contributed by atoms with van der Waals surface area (Å²) in [5.74, 6) is -0.779. The maximum absolute atomic E-state index is 11.2. The van der Waals surface area contributed by atoms with Crippen molar-refractivity contribution in [3.05, 3.63) is 0 Å². The zero-order valence-electron chi connectivity index (χ0n) is 12.1. The number of carboxylic acid groups (broad SMARTS) is 1. The van der Waals surface area contributed by atoms with E-state index < -0.39 is 11.5 Å². The number of hydrogen-bond acceptors (Lipinski definition) is 4. The summed E-state index contributed by atoms with van der Waals surface area (Å²) in [5.41, 5.74) is -0.825. The van der Waals surface area contributed by atoms with Crippen molar-refractivity contribution in [2.45, 2.75) is 37.8 Å². The molecule has 0 saturated carbocycles. The molecule has 0 aromatic carbocycles. The lowest BCUT2D eigenvalue weighted by atomic mass is 9.97. The van der Waals surface area contributed by atoms with Gasteiger partial charge in [0.25, 0.3) is 0 Å². The van der Waals surface area contributed by atoms with Crippen LogP contribution in [0.15, 0.2) is 0 Å². The summed E-state index contributed by atoms with van der Waals surface area (Å²) in [6.07, 6.45) is 3.06. The van der Waals surface area contributed by atoms with E-state index in [1.54, 1.807) is 14.0 Å². The topological polar surface area (TPSA) is 55.8 Å². The number of carboxylic acids is 1. The van der Waals surface area contributed by atoms with E-state index in [2.05, 4.69) is 29.2 Å². The molecule has 0 aromatic rings. The average Bonchev–Trinajstić information content (AvgIpc) is 2.35. The minimum atomic E-state index is -0.825. The molecule has 2 unspecified atom stereocenters. The normalized spacial score (nSPS) is 25.1. The van der Waals surface area contributed by atoms with Crippen LogP contribution in [0.1, 0.15) is 26.2 Å². The van der Waals surface area contributed by atoms with Crippen molar-refractivity contribution in [2.24, 2.45) is 0 Å². The number of hydrogen-bond donors (Lipinski definition) is 2. The first kappa shape index (κ1) is 15.4. The summed E-state index contributed by atoms with van der Waals surface area (Å²) in [5, 5.41) is 12.1. The molecule has 0 amide bonds. The van der Waals surface area contributed by atoms with Crippen LogP contribution < -0.4 is 5.32 Å². The third kappa shape index (κ3) is 3.93. The molecule has 5 heteroatoms. The Morgan fingerprint density at radius 2 is 2.28 bits per heavy atom. The van der Waals surface area contributed by atoms with E-state index in [0.29, 0.717) is 12.5 Å². The van der Waals surface area contributed by atoms with E-state index in [1.807, 2.05) is 0 Å². The first-order valence-electron chi connectivity index (χ1n) is 6.70. The van der Waals surface area contributed by atoms with Gasteiger partial charge in [-0.05, 0) is 53.9 Å². The third-order valence-electron chi connectivity index (χ3n) is 4.21. The Bertz CT molecular complexity index is 285. The Kier molecular flexibility index (Phi) is 5.56. The Balaban J connectivity index is 2.44. The molecule has 1 aliphatic rings. The minimum Gasteiger partial charge on any atom is -0.480 e. The van der Waals surface area contributed by atoms with Crippen LogP contribution >= 0.6 is 0 Å². The molecule has 106 valence electrons. The first-order chi connectivity index (χ1) is 8.39. The molecule has 1 rings (SSSR count). The van der Waals surface area contributed by atoms with Gasteiger partial charge in [0, 0.05) is 19.1 Å². The van der Waals surface area contributed by atoms with Gasteiger partial charge in [-0.3, -0.25) is 4.79 Å². The Morgan fingerprint density at radius 1 is 1.61 bits per heavy atom. The van der Waals surface area contributed by atoms with Crippen molar-refractivity contribution in [2.75, 3.05) is 40.8 Å². The van der Waals surface area contributed by atoms with Crippen molar-refractivity contribution < 1.29 is 9.90 Å². The summed E-state index contributed by atoms with van der Waals surface area (Å²) in [4.78, 5) is 15.9. The molecule has 5 nitrogen and oxygen atoms in total. The predicted molar refractivity (Wildman–Crippen MR) is 72.9 cm³/mol. The van der Waals surface area contributed by atoms with Crippen LogP contribution in [0.5, 0.6) is 0 Å². The Hall–Kier alpha value is -0.650. The van der Waals surface area contributed by atoms with E-state index in [1.165, 1.54) is 19.4 Å². The highest BCUT2D eigenvalue weighted by Gasteiger charge is 2.32. The summed E-state index contributed by atoms with van der Waals surface area (Å²) in [7, 11) is 5.96. The molecule has 18 heavy (non-hydrogen) atoms. The van der Waals surface area contributed by atoms with E-state index in [9.17, 15) is 9.90 Å². The molecule has 1 aliphatic heterocycles. The zero-order chi connectivity index (χ0) is 13.8. The molecule has 1 fully saturated rings. The standard InChI is InChI=1S/C13H27N3O2/c1-13(14-2,12(17)18)7-9-16(4)11-6-5-8-15(3)10-11/h11,14H,5-10H2,1-4H3,(H,17,18). The lowest BCUT2D eigenvalue weighted by molar-refractivity contribution is -0.144. The number of nitrogens with one attached hydrogen (secondary N) is 1. The second-order valence-electron chi connectivity index (χ2n) is 5.68. The largest absolute Gasteiger partial charge is 0.480 e. The molecular weight excluding hydrogens is 230 g/mol. The quantitative estimate of drug-likeness (QED) is 0.724. The number of piperidine rings is 1. The van der Waals surface area contributed by atoms with E-state index in [-0.39, 0.29) is 0 Å². The molecule has 1 saturated heterocycles. The third-order valence-corrected chi connectivity index (χ3v) is 4.21. The summed E-state index contributed by atoms with van der Waals surface area (Å²) in [6.45, 7) is 4.81. The molecule has 2 atom stereocenters. The summed E-state index contributed by atoms with van der Waals surface area (Å²) in [6, 6.07) is 0.554. The monoisotopic (exact) mass is 257 g/mol. The maximum atomic E-state index is 11.2. The smallest absolute Gasteiger partial charge is 0.323 e. The van der Waals surface area contributed by atoms with Crippen LogP contribution in [0, 0.1) is 0 Å². The number of likely N-dealkylation sites (N-methyl/N-ethyl adjacent to an activating group) is 3. The fraction of sp³-hybridized carbons (Fsp3) is 0.923. The fourth-order valence-electron chi connectivity index (χ4n) is 2.42. The van der Waals surface area contributed by atoms with Gasteiger partial charge in [-0.1, -0.05) is 0 Å². The van der Waals surface area contributed by atoms with Crippen LogP contribution in [0.4, 0.5) is 0 Å². The number of carbonyl (C=O) groups is 1. The number of likely N-dealkylation sites (tertiary alicyclic amines) is 1. The van der Waals surface area contributed by atoms with Crippen LogP contribution in [-0.4, -0.2) is 73.2 Å². The van der Waals surface area contributed by atoms with Gasteiger partial charge >= 0.3 is 5.97 Å². The second kappa shape index (κ2) is 6.50. The molecule has 0 radical (unpaired) electrons. The fourth-order valence-corrected chi connectivity index (χ4v) is 2.42. The lowest BCUT2D eigenvalue weighted by Gasteiger charge is -2.37. The van der Waals surface area contributed by atoms with Gasteiger partial charge in [0.2, 0.25) is 0 Å². The van der Waals surface area contributed by atoms with Crippen molar-refractivity contribution in [3.63, 3.8) is 0 Å². The van der Waals surface area contributed by atoms with Crippen LogP contribution in [-0.2, 0) is 4.79 Å². The minimum absolute atomic E-state index is 0.554. The van der Waals surface area contributed by atoms with Gasteiger partial charge in [-0.15, -0.1) is 0 Å². The molecule has 0 bridgehead atoms. The van der Waals surface area contributed by atoms with Crippen molar-refractivity contribution in [3.8, 4) is 0 Å². The van der Waals surface area contributed by atoms with Gasteiger partial charge < -0.3 is 20.2 Å². The van der Waals surface area contributed by atoms with E-state index >= 15 is 0 Å². The van der Waals surface area contributed by atoms with Gasteiger partial charge in [0.15, 0.2) is 0 Å². The molecule has 0 spiro atoms. The van der Waals surface area contributed by atoms with Crippen LogP contribution in [0.3, 0.4) is 0 Å². The Morgan fingerprint density at radius 3 is 2.78 bits per heavy atom. The van der Waals surface area contributed by atoms with Crippen molar-refractivity contribution >= 4 is 5.97 Å². The Labute approximate surface area is 110 Å². The number of rotatable bonds is 6. The van der Waals surface area contributed by atoms with Gasteiger partial charge in [0.1, 0.15) is 5.54 Å². The molecule has 0 aromatic heterocycles. The summed E-state index contributed by atoms with van der Waals surface area (Å²) >= 11 is 0. The first-order valence-corrected chi connectivity index (χ1v) is 6.70. The van der Waals surface area contributed by atoms with Gasteiger partial charge in [-0.25, -0.2) is 0 Å². The second-order valence-corrected chi connectivity index (χ2v) is 5.68. The van der Waals surface area contributed by atoms with Gasteiger partial charge in [-0.2, -0.15) is 0 Å². The van der Waals surface area contributed by atoms with E-state index in [4.69, 9.17) is 0 Å². The van der Waals surface area contributed by atoms with E-state index in [0.717, 1.165) is 13.1 Å². The highest BCUT2D eigenvalue weighted by molar-refractivity contribution is 5.78. The van der Waals surface area contributed by atoms with Gasteiger partial charge in [0.05, 0.1) is 0 Å². The molecule has 0 aliphatic carbocycles. The average molecular weight is 257 g/mol. The highest BCUT2D eigenvalue weighted by atomic mass is 16.4. The van der Waals surface area contributed by atoms with Crippen molar-refractivity contribution in [1.82, 2.24) is 15.1 Å². The summed E-state index contributed by atoms with van der Waals surface area (Å²) < 4.78 is 0. The SMILES string of the molecule is CNC(C)(CCN(C)C1CCCN(C)C1)C(=O)O. The van der Waals surface area contributed by atoms with Crippen LogP contribution in [0.25, 0.3) is 0 Å².